The molecule has 1 aliphatic heterocycles. The number of aromatic nitrogens is 2. The smallest absolute Gasteiger partial charge is 0.233 e. The number of rotatable bonds is 3. The largest absolute Gasteiger partial charge is 0.341 e. The van der Waals surface area contributed by atoms with Crippen LogP contribution in [0.15, 0.2) is 48.9 Å². The molecule has 23 heavy (non-hydrogen) atoms. The summed E-state index contributed by atoms with van der Waals surface area (Å²) in [6.45, 7) is 1.64. The molecule has 1 saturated heterocycles. The van der Waals surface area contributed by atoms with Crippen LogP contribution in [0.3, 0.4) is 0 Å². The Labute approximate surface area is 136 Å². The lowest BCUT2D eigenvalue weighted by Crippen LogP contribution is -2.44. The van der Waals surface area contributed by atoms with E-state index in [0.29, 0.717) is 11.8 Å². The van der Waals surface area contributed by atoms with Crippen molar-refractivity contribution in [2.45, 2.75) is 37.0 Å². The van der Waals surface area contributed by atoms with Crippen LogP contribution in [-0.2, 0) is 10.2 Å². The highest BCUT2D eigenvalue weighted by Crippen LogP contribution is 2.50. The van der Waals surface area contributed by atoms with Gasteiger partial charge in [-0.2, -0.15) is 0 Å². The highest BCUT2D eigenvalue weighted by molar-refractivity contribution is 5.91. The second-order valence-corrected chi connectivity index (χ2v) is 6.67. The third-order valence-electron chi connectivity index (χ3n) is 5.20. The van der Waals surface area contributed by atoms with Crippen molar-refractivity contribution in [1.82, 2.24) is 14.9 Å². The number of nitrogens with zero attached hydrogens (tertiary/aromatic N) is 3. The number of amides is 1. The number of likely N-dealkylation sites (tertiary alicyclic amines) is 1. The van der Waals surface area contributed by atoms with Crippen molar-refractivity contribution >= 4 is 5.91 Å². The van der Waals surface area contributed by atoms with Gasteiger partial charge in [0, 0.05) is 37.6 Å². The molecule has 2 fully saturated rings. The molecule has 118 valence electrons. The predicted molar refractivity (Wildman–Crippen MR) is 87.9 cm³/mol. The summed E-state index contributed by atoms with van der Waals surface area (Å²) in [5.41, 5.74) is 1.92. The number of piperidine rings is 1. The van der Waals surface area contributed by atoms with E-state index in [4.69, 9.17) is 0 Å². The Kier molecular flexibility index (Phi) is 3.60. The Hall–Kier alpha value is -2.23. The molecular formula is C19H21N3O. The first-order chi connectivity index (χ1) is 11.3. The first-order valence-electron chi connectivity index (χ1n) is 8.40. The van der Waals surface area contributed by atoms with E-state index in [0.717, 1.165) is 44.5 Å². The van der Waals surface area contributed by atoms with Gasteiger partial charge in [0.1, 0.15) is 0 Å². The molecule has 1 atom stereocenters. The van der Waals surface area contributed by atoms with Crippen molar-refractivity contribution in [3.8, 4) is 0 Å². The minimum Gasteiger partial charge on any atom is -0.341 e. The summed E-state index contributed by atoms with van der Waals surface area (Å²) in [6.07, 6.45) is 9.35. The van der Waals surface area contributed by atoms with Gasteiger partial charge in [0.2, 0.25) is 5.91 Å². The molecular weight excluding hydrogens is 286 g/mol. The van der Waals surface area contributed by atoms with Crippen LogP contribution in [0.25, 0.3) is 0 Å². The Morgan fingerprint density at radius 1 is 1.17 bits per heavy atom. The SMILES string of the molecule is O=C(N1CCCC(c2cnccn2)C1)C1(c2ccccc2)CC1. The normalized spacial score (nSPS) is 22.6. The third kappa shape index (κ3) is 2.62. The first-order valence-corrected chi connectivity index (χ1v) is 8.40. The highest BCUT2D eigenvalue weighted by Gasteiger charge is 2.53. The molecule has 4 rings (SSSR count). The average molecular weight is 307 g/mol. The van der Waals surface area contributed by atoms with E-state index < -0.39 is 0 Å². The zero-order chi connectivity index (χ0) is 15.7. The van der Waals surface area contributed by atoms with E-state index in [9.17, 15) is 4.79 Å². The molecule has 2 heterocycles. The number of carbonyl (C=O) groups is 1. The van der Waals surface area contributed by atoms with Gasteiger partial charge in [-0.05, 0) is 31.2 Å². The van der Waals surface area contributed by atoms with Gasteiger partial charge in [-0.1, -0.05) is 30.3 Å². The van der Waals surface area contributed by atoms with Crippen molar-refractivity contribution < 1.29 is 4.79 Å². The molecule has 1 aliphatic carbocycles. The highest BCUT2D eigenvalue weighted by atomic mass is 16.2. The molecule has 4 heteroatoms. The van der Waals surface area contributed by atoms with Gasteiger partial charge in [-0.15, -0.1) is 0 Å². The lowest BCUT2D eigenvalue weighted by molar-refractivity contribution is -0.135. The third-order valence-corrected chi connectivity index (χ3v) is 5.20. The van der Waals surface area contributed by atoms with E-state index in [-0.39, 0.29) is 5.41 Å². The van der Waals surface area contributed by atoms with Crippen LogP contribution in [0.2, 0.25) is 0 Å². The monoisotopic (exact) mass is 307 g/mol. The van der Waals surface area contributed by atoms with Crippen LogP contribution in [-0.4, -0.2) is 33.9 Å². The fourth-order valence-corrected chi connectivity index (χ4v) is 3.74. The van der Waals surface area contributed by atoms with E-state index >= 15 is 0 Å². The van der Waals surface area contributed by atoms with Gasteiger partial charge in [-0.25, -0.2) is 0 Å². The maximum Gasteiger partial charge on any atom is 0.233 e. The molecule has 2 aromatic rings. The van der Waals surface area contributed by atoms with Crippen LogP contribution in [0, 0.1) is 0 Å². The zero-order valence-electron chi connectivity index (χ0n) is 13.2. The topological polar surface area (TPSA) is 46.1 Å². The Balaban J connectivity index is 1.53. The van der Waals surface area contributed by atoms with Crippen molar-refractivity contribution in [3.63, 3.8) is 0 Å². The summed E-state index contributed by atoms with van der Waals surface area (Å²) in [6, 6.07) is 10.3. The van der Waals surface area contributed by atoms with Crippen molar-refractivity contribution in [3.05, 3.63) is 60.2 Å². The summed E-state index contributed by atoms with van der Waals surface area (Å²) in [5.74, 6) is 0.616. The van der Waals surface area contributed by atoms with Gasteiger partial charge in [0.05, 0.1) is 11.1 Å². The van der Waals surface area contributed by atoms with Crippen LogP contribution in [0.1, 0.15) is 42.9 Å². The molecule has 0 N–H and O–H groups in total. The Bertz CT molecular complexity index is 682. The van der Waals surface area contributed by atoms with Gasteiger partial charge in [0.15, 0.2) is 0 Å². The van der Waals surface area contributed by atoms with Gasteiger partial charge in [-0.3, -0.25) is 14.8 Å². The fraction of sp³-hybridized carbons (Fsp3) is 0.421. The van der Waals surface area contributed by atoms with Gasteiger partial charge < -0.3 is 4.90 Å². The van der Waals surface area contributed by atoms with Gasteiger partial charge in [0.25, 0.3) is 0 Å². The molecule has 1 aromatic heterocycles. The maximum absolute atomic E-state index is 13.1. The number of benzene rings is 1. The Morgan fingerprint density at radius 3 is 2.70 bits per heavy atom. The predicted octanol–water partition coefficient (Wildman–Crippen LogP) is 2.91. The van der Waals surface area contributed by atoms with Crippen molar-refractivity contribution in [2.24, 2.45) is 0 Å². The average Bonchev–Trinajstić information content (AvgIpc) is 3.45. The quantitative estimate of drug-likeness (QED) is 0.876. The van der Waals surface area contributed by atoms with Gasteiger partial charge >= 0.3 is 0 Å². The van der Waals surface area contributed by atoms with Crippen LogP contribution < -0.4 is 0 Å². The molecule has 1 unspecified atom stereocenters. The van der Waals surface area contributed by atoms with Crippen molar-refractivity contribution in [1.29, 1.82) is 0 Å². The van der Waals surface area contributed by atoms with Crippen LogP contribution in [0.4, 0.5) is 0 Å². The second-order valence-electron chi connectivity index (χ2n) is 6.67. The lowest BCUT2D eigenvalue weighted by atomic mass is 9.90. The number of hydrogen-bond donors (Lipinski definition) is 0. The van der Waals surface area contributed by atoms with Crippen molar-refractivity contribution in [2.75, 3.05) is 13.1 Å². The standard InChI is InChI=1S/C19H21N3O/c23-18(19(8-9-19)16-6-2-1-3-7-16)22-12-4-5-15(14-22)17-13-20-10-11-21-17/h1-3,6-7,10-11,13,15H,4-5,8-9,12,14H2. The number of hydrogen-bond acceptors (Lipinski definition) is 3. The summed E-state index contributed by atoms with van der Waals surface area (Å²) in [7, 11) is 0. The summed E-state index contributed by atoms with van der Waals surface area (Å²) in [4.78, 5) is 23.8. The molecule has 1 amide bonds. The molecule has 0 bridgehead atoms. The minimum atomic E-state index is -0.258. The molecule has 4 nitrogen and oxygen atoms in total. The lowest BCUT2D eigenvalue weighted by Gasteiger charge is -2.35. The van der Waals surface area contributed by atoms with E-state index in [2.05, 4.69) is 27.0 Å². The minimum absolute atomic E-state index is 0.258. The molecule has 1 aromatic carbocycles. The van der Waals surface area contributed by atoms with E-state index in [1.165, 1.54) is 5.56 Å². The molecule has 2 aliphatic rings. The molecule has 1 saturated carbocycles. The fourth-order valence-electron chi connectivity index (χ4n) is 3.74. The number of carbonyl (C=O) groups excluding carboxylic acids is 1. The second kappa shape index (κ2) is 5.76. The van der Waals surface area contributed by atoms with E-state index in [1.54, 1.807) is 12.4 Å². The van der Waals surface area contributed by atoms with E-state index in [1.807, 2.05) is 24.4 Å². The summed E-state index contributed by atoms with van der Waals surface area (Å²) in [5, 5.41) is 0. The molecule has 0 radical (unpaired) electrons. The maximum atomic E-state index is 13.1. The molecule has 0 spiro atoms. The first kappa shape index (κ1) is 14.4. The summed E-state index contributed by atoms with van der Waals surface area (Å²) >= 11 is 0. The zero-order valence-corrected chi connectivity index (χ0v) is 13.2. The summed E-state index contributed by atoms with van der Waals surface area (Å²) < 4.78 is 0. The van der Waals surface area contributed by atoms with Crippen LogP contribution in [0.5, 0.6) is 0 Å². The Morgan fingerprint density at radius 2 is 2.00 bits per heavy atom. The van der Waals surface area contributed by atoms with Crippen LogP contribution >= 0.6 is 0 Å².